The van der Waals surface area contributed by atoms with E-state index in [4.69, 9.17) is 0 Å². The van der Waals surface area contributed by atoms with Gasteiger partial charge in [-0.05, 0) is 20.8 Å². The van der Waals surface area contributed by atoms with Crippen molar-refractivity contribution < 1.29 is 13.9 Å². The SMILES string of the molecule is CCn1cc([N+](=O)[O-])c(C(=O)N2CC(C)S(=O)C(C)C2)n1. The zero-order valence-corrected chi connectivity index (χ0v) is 13.0. The number of hydrogen-bond acceptors (Lipinski definition) is 5. The summed E-state index contributed by atoms with van der Waals surface area (Å²) in [6, 6.07) is 0. The van der Waals surface area contributed by atoms with Gasteiger partial charge in [0, 0.05) is 40.9 Å². The topological polar surface area (TPSA) is 98.3 Å². The van der Waals surface area contributed by atoms with Crippen molar-refractivity contribution in [1.29, 1.82) is 0 Å². The molecule has 2 atom stereocenters. The monoisotopic (exact) mass is 314 g/mol. The van der Waals surface area contributed by atoms with Crippen molar-refractivity contribution in [3.63, 3.8) is 0 Å². The number of carbonyl (C=O) groups is 1. The van der Waals surface area contributed by atoms with E-state index in [2.05, 4.69) is 5.10 Å². The van der Waals surface area contributed by atoms with Crippen LogP contribution in [0.3, 0.4) is 0 Å². The van der Waals surface area contributed by atoms with Gasteiger partial charge >= 0.3 is 5.69 Å². The molecule has 0 radical (unpaired) electrons. The van der Waals surface area contributed by atoms with Crippen LogP contribution >= 0.6 is 0 Å². The molecule has 0 aliphatic carbocycles. The summed E-state index contributed by atoms with van der Waals surface area (Å²) in [5.41, 5.74) is -0.428. The molecule has 1 fully saturated rings. The summed E-state index contributed by atoms with van der Waals surface area (Å²) >= 11 is 0. The molecule has 1 aromatic rings. The lowest BCUT2D eigenvalue weighted by Gasteiger charge is -2.33. The average Bonchev–Trinajstić information content (AvgIpc) is 2.87. The van der Waals surface area contributed by atoms with Crippen LogP contribution in [0.25, 0.3) is 0 Å². The highest BCUT2D eigenvalue weighted by Gasteiger charge is 2.35. The maximum Gasteiger partial charge on any atom is 0.320 e. The van der Waals surface area contributed by atoms with Crippen LogP contribution in [0.2, 0.25) is 0 Å². The maximum absolute atomic E-state index is 12.5. The number of rotatable bonds is 3. The molecule has 8 nitrogen and oxygen atoms in total. The molecular formula is C12H18N4O4S. The minimum Gasteiger partial charge on any atom is -0.335 e. The van der Waals surface area contributed by atoms with Gasteiger partial charge in [0.25, 0.3) is 5.91 Å². The highest BCUT2D eigenvalue weighted by Crippen LogP contribution is 2.22. The van der Waals surface area contributed by atoms with E-state index in [9.17, 15) is 19.1 Å². The van der Waals surface area contributed by atoms with E-state index >= 15 is 0 Å². The largest absolute Gasteiger partial charge is 0.335 e. The Morgan fingerprint density at radius 2 is 2.05 bits per heavy atom. The molecule has 2 heterocycles. The number of nitrogens with zero attached hydrogens (tertiary/aromatic N) is 4. The molecule has 2 unspecified atom stereocenters. The summed E-state index contributed by atoms with van der Waals surface area (Å²) in [6.45, 7) is 6.51. The molecule has 1 aliphatic rings. The van der Waals surface area contributed by atoms with E-state index in [-0.39, 0.29) is 21.9 Å². The summed E-state index contributed by atoms with van der Waals surface area (Å²) < 4.78 is 13.3. The molecule has 0 spiro atoms. The van der Waals surface area contributed by atoms with E-state index < -0.39 is 21.6 Å². The van der Waals surface area contributed by atoms with Crippen LogP contribution in [0.1, 0.15) is 31.3 Å². The highest BCUT2D eigenvalue weighted by molar-refractivity contribution is 7.86. The minimum atomic E-state index is -0.987. The molecule has 116 valence electrons. The molecule has 21 heavy (non-hydrogen) atoms. The third kappa shape index (κ3) is 2.97. The number of nitro groups is 1. The van der Waals surface area contributed by atoms with Gasteiger partial charge in [0.15, 0.2) is 0 Å². The number of aryl methyl sites for hydroxylation is 1. The first-order valence-corrected chi connectivity index (χ1v) is 8.03. The van der Waals surface area contributed by atoms with Crippen molar-refractivity contribution in [3.8, 4) is 0 Å². The highest BCUT2D eigenvalue weighted by atomic mass is 32.2. The van der Waals surface area contributed by atoms with Gasteiger partial charge in [-0.15, -0.1) is 0 Å². The van der Waals surface area contributed by atoms with Gasteiger partial charge in [-0.1, -0.05) is 0 Å². The quantitative estimate of drug-likeness (QED) is 0.607. The zero-order chi connectivity index (χ0) is 15.7. The number of carbonyl (C=O) groups excluding carboxylic acids is 1. The van der Waals surface area contributed by atoms with Crippen molar-refractivity contribution in [2.45, 2.75) is 37.8 Å². The average molecular weight is 314 g/mol. The lowest BCUT2D eigenvalue weighted by Crippen LogP contribution is -2.49. The van der Waals surface area contributed by atoms with Crippen molar-refractivity contribution in [3.05, 3.63) is 22.0 Å². The third-order valence-electron chi connectivity index (χ3n) is 3.50. The van der Waals surface area contributed by atoms with Crippen LogP contribution in [0.4, 0.5) is 5.69 Å². The summed E-state index contributed by atoms with van der Waals surface area (Å²) in [5, 5.41) is 14.8. The normalized spacial score (nSPS) is 25.9. The fourth-order valence-electron chi connectivity index (χ4n) is 2.41. The number of aromatic nitrogens is 2. The van der Waals surface area contributed by atoms with Gasteiger partial charge in [-0.25, -0.2) is 0 Å². The Labute approximate surface area is 124 Å². The Morgan fingerprint density at radius 1 is 1.48 bits per heavy atom. The summed E-state index contributed by atoms with van der Waals surface area (Å²) in [5.74, 6) is -0.468. The fourth-order valence-corrected chi connectivity index (χ4v) is 3.86. The predicted molar refractivity (Wildman–Crippen MR) is 77.5 cm³/mol. The molecule has 2 rings (SSSR count). The van der Waals surface area contributed by atoms with E-state index in [0.29, 0.717) is 19.6 Å². The Hall–Kier alpha value is -1.77. The fraction of sp³-hybridized carbons (Fsp3) is 0.667. The molecule has 9 heteroatoms. The molecule has 0 aromatic carbocycles. The van der Waals surface area contributed by atoms with E-state index in [1.807, 2.05) is 13.8 Å². The maximum atomic E-state index is 12.5. The summed E-state index contributed by atoms with van der Waals surface area (Å²) in [6.07, 6.45) is 1.27. The van der Waals surface area contributed by atoms with Crippen molar-refractivity contribution >= 4 is 22.4 Å². The van der Waals surface area contributed by atoms with Crippen molar-refractivity contribution in [2.75, 3.05) is 13.1 Å². The van der Waals surface area contributed by atoms with Gasteiger partial charge in [-0.2, -0.15) is 5.10 Å². The van der Waals surface area contributed by atoms with Gasteiger partial charge in [0.1, 0.15) is 6.20 Å². The van der Waals surface area contributed by atoms with Gasteiger partial charge in [-0.3, -0.25) is 23.8 Å². The van der Waals surface area contributed by atoms with Crippen LogP contribution in [0.5, 0.6) is 0 Å². The van der Waals surface area contributed by atoms with E-state index in [1.54, 1.807) is 6.92 Å². The Bertz CT molecular complexity index is 586. The second-order valence-electron chi connectivity index (χ2n) is 5.14. The molecule has 1 aliphatic heterocycles. The lowest BCUT2D eigenvalue weighted by molar-refractivity contribution is -0.385. The molecule has 1 aromatic heterocycles. The predicted octanol–water partition coefficient (Wildman–Crippen LogP) is 0.793. The van der Waals surface area contributed by atoms with Crippen molar-refractivity contribution in [1.82, 2.24) is 14.7 Å². The Kier molecular flexibility index (Phi) is 4.40. The second-order valence-corrected chi connectivity index (χ2v) is 7.40. The van der Waals surface area contributed by atoms with Gasteiger partial charge in [0.2, 0.25) is 5.69 Å². The van der Waals surface area contributed by atoms with Gasteiger partial charge in [0.05, 0.1) is 4.92 Å². The first-order valence-electron chi connectivity index (χ1n) is 6.75. The lowest BCUT2D eigenvalue weighted by atomic mass is 10.2. The summed E-state index contributed by atoms with van der Waals surface area (Å²) in [7, 11) is -0.987. The van der Waals surface area contributed by atoms with E-state index in [0.717, 1.165) is 0 Å². The zero-order valence-electron chi connectivity index (χ0n) is 12.2. The summed E-state index contributed by atoms with van der Waals surface area (Å²) in [4.78, 5) is 24.5. The molecular weight excluding hydrogens is 296 g/mol. The number of amides is 1. The van der Waals surface area contributed by atoms with Crippen LogP contribution in [0.15, 0.2) is 6.20 Å². The molecule has 1 saturated heterocycles. The Morgan fingerprint density at radius 3 is 2.52 bits per heavy atom. The van der Waals surface area contributed by atoms with Gasteiger partial charge < -0.3 is 4.90 Å². The van der Waals surface area contributed by atoms with E-state index in [1.165, 1.54) is 15.8 Å². The van der Waals surface area contributed by atoms with Crippen LogP contribution in [0, 0.1) is 10.1 Å². The standard InChI is InChI=1S/C12H18N4O4S/c1-4-15-7-10(16(18)19)11(13-15)12(17)14-5-8(2)21(20)9(3)6-14/h7-9H,4-6H2,1-3H3. The number of hydrogen-bond donors (Lipinski definition) is 0. The molecule has 0 saturated carbocycles. The van der Waals surface area contributed by atoms with Crippen molar-refractivity contribution in [2.24, 2.45) is 0 Å². The third-order valence-corrected chi connectivity index (χ3v) is 5.39. The van der Waals surface area contributed by atoms with Crippen LogP contribution < -0.4 is 0 Å². The minimum absolute atomic E-state index is 0.145. The molecule has 0 N–H and O–H groups in total. The van der Waals surface area contributed by atoms with Crippen LogP contribution in [-0.2, 0) is 17.3 Å². The smallest absolute Gasteiger partial charge is 0.320 e. The van der Waals surface area contributed by atoms with Crippen LogP contribution in [-0.4, -0.2) is 53.3 Å². The first-order chi connectivity index (χ1) is 9.85. The first kappa shape index (κ1) is 15.6. The molecule has 0 bridgehead atoms. The second kappa shape index (κ2) is 5.92. The Balaban J connectivity index is 2.30. The molecule has 1 amide bonds.